The van der Waals surface area contributed by atoms with Crippen molar-refractivity contribution < 1.29 is 0 Å². The molecule has 2 rings (SSSR count). The lowest BCUT2D eigenvalue weighted by molar-refractivity contribution is 0.617. The van der Waals surface area contributed by atoms with E-state index in [9.17, 15) is 0 Å². The summed E-state index contributed by atoms with van der Waals surface area (Å²) >= 11 is 1.40. The van der Waals surface area contributed by atoms with Crippen molar-refractivity contribution in [1.29, 1.82) is 0 Å². The van der Waals surface area contributed by atoms with E-state index in [1.807, 2.05) is 6.92 Å². The first kappa shape index (κ1) is 11.1. The van der Waals surface area contributed by atoms with Crippen molar-refractivity contribution in [2.24, 2.45) is 0 Å². The predicted molar refractivity (Wildman–Crippen MR) is 62.2 cm³/mol. The lowest BCUT2D eigenvalue weighted by Gasteiger charge is -2.14. The first-order valence-corrected chi connectivity index (χ1v) is 5.88. The van der Waals surface area contributed by atoms with Crippen molar-refractivity contribution >= 4 is 11.5 Å². The Bertz CT molecular complexity index is 441. The molecule has 0 saturated carbocycles. The van der Waals surface area contributed by atoms with E-state index in [0.29, 0.717) is 0 Å². The second kappa shape index (κ2) is 5.09. The van der Waals surface area contributed by atoms with Crippen LogP contribution in [0.2, 0.25) is 0 Å². The van der Waals surface area contributed by atoms with Gasteiger partial charge in [-0.1, -0.05) is 11.4 Å². The van der Waals surface area contributed by atoms with Crippen molar-refractivity contribution in [3.8, 4) is 0 Å². The van der Waals surface area contributed by atoms with Crippen molar-refractivity contribution in [2.45, 2.75) is 19.9 Å². The highest BCUT2D eigenvalue weighted by Crippen LogP contribution is 2.24. The van der Waals surface area contributed by atoms with Crippen LogP contribution in [0, 0.1) is 6.92 Å². The van der Waals surface area contributed by atoms with Gasteiger partial charge < -0.3 is 5.32 Å². The molecule has 2 heterocycles. The summed E-state index contributed by atoms with van der Waals surface area (Å²) in [5, 5.41) is 7.40. The Morgan fingerprint density at radius 2 is 2.31 bits per heavy atom. The van der Waals surface area contributed by atoms with Gasteiger partial charge in [-0.25, -0.2) is 0 Å². The van der Waals surface area contributed by atoms with E-state index in [1.54, 1.807) is 18.6 Å². The highest BCUT2D eigenvalue weighted by molar-refractivity contribution is 7.05. The molecule has 0 aromatic carbocycles. The minimum absolute atomic E-state index is 0.0405. The molecule has 1 N–H and O–H groups in total. The van der Waals surface area contributed by atoms with Gasteiger partial charge in [0, 0.05) is 12.4 Å². The zero-order chi connectivity index (χ0) is 11.4. The number of aromatic nitrogens is 4. The van der Waals surface area contributed by atoms with E-state index in [1.165, 1.54) is 11.5 Å². The Labute approximate surface area is 98.1 Å². The van der Waals surface area contributed by atoms with Crippen LogP contribution in [-0.2, 0) is 0 Å². The fraction of sp³-hybridized carbons (Fsp3) is 0.400. The molecule has 0 radical (unpaired) electrons. The minimum Gasteiger partial charge on any atom is -0.304 e. The van der Waals surface area contributed by atoms with Crippen LogP contribution in [0.4, 0.5) is 0 Å². The Kier molecular flexibility index (Phi) is 3.53. The lowest BCUT2D eigenvalue weighted by Crippen LogP contribution is -2.22. The molecule has 0 bridgehead atoms. The smallest absolute Gasteiger partial charge is 0.0895 e. The minimum atomic E-state index is 0.0405. The third-order valence-corrected chi connectivity index (χ3v) is 3.13. The van der Waals surface area contributed by atoms with Gasteiger partial charge in [-0.3, -0.25) is 9.97 Å². The molecule has 16 heavy (non-hydrogen) atoms. The standard InChI is InChI=1S/C10H13N5S/c1-3-12-9(8-6-11-4-5-13-8)10-7(2)14-15-16-10/h4-6,9,12H,3H2,1-2H3. The molecular formula is C10H13N5S. The molecule has 0 aliphatic rings. The number of nitrogens with one attached hydrogen (secondary N) is 1. The molecule has 0 spiro atoms. The molecule has 0 fully saturated rings. The van der Waals surface area contributed by atoms with Gasteiger partial charge >= 0.3 is 0 Å². The van der Waals surface area contributed by atoms with Crippen molar-refractivity contribution in [1.82, 2.24) is 24.9 Å². The first-order chi connectivity index (χ1) is 7.83. The number of nitrogens with zero attached hydrogens (tertiary/aromatic N) is 4. The Morgan fingerprint density at radius 1 is 1.44 bits per heavy atom. The largest absolute Gasteiger partial charge is 0.304 e. The van der Waals surface area contributed by atoms with Crippen molar-refractivity contribution in [3.63, 3.8) is 0 Å². The quantitative estimate of drug-likeness (QED) is 0.866. The van der Waals surface area contributed by atoms with Gasteiger partial charge in [0.05, 0.1) is 28.5 Å². The molecule has 0 saturated heterocycles. The Morgan fingerprint density at radius 3 is 2.88 bits per heavy atom. The molecule has 2 aromatic heterocycles. The molecule has 0 amide bonds. The maximum absolute atomic E-state index is 4.32. The van der Waals surface area contributed by atoms with Gasteiger partial charge in [-0.05, 0) is 25.0 Å². The molecule has 1 atom stereocenters. The fourth-order valence-corrected chi connectivity index (χ4v) is 2.23. The maximum atomic E-state index is 4.32. The molecule has 6 heteroatoms. The van der Waals surface area contributed by atoms with E-state index in [-0.39, 0.29) is 6.04 Å². The zero-order valence-electron chi connectivity index (χ0n) is 9.21. The molecule has 0 aliphatic heterocycles. The third kappa shape index (κ3) is 2.23. The summed E-state index contributed by atoms with van der Waals surface area (Å²) in [6.45, 7) is 4.88. The first-order valence-electron chi connectivity index (χ1n) is 5.11. The topological polar surface area (TPSA) is 63.6 Å². The summed E-state index contributed by atoms with van der Waals surface area (Å²) in [6.07, 6.45) is 5.14. The summed E-state index contributed by atoms with van der Waals surface area (Å²) in [6, 6.07) is 0.0405. The molecular weight excluding hydrogens is 222 g/mol. The summed E-state index contributed by atoms with van der Waals surface area (Å²) in [5.41, 5.74) is 1.85. The van der Waals surface area contributed by atoms with E-state index >= 15 is 0 Å². The van der Waals surface area contributed by atoms with E-state index in [4.69, 9.17) is 0 Å². The average Bonchev–Trinajstić information content (AvgIpc) is 2.73. The van der Waals surface area contributed by atoms with Crippen LogP contribution >= 0.6 is 11.5 Å². The lowest BCUT2D eigenvalue weighted by atomic mass is 10.1. The summed E-state index contributed by atoms with van der Waals surface area (Å²) in [5.74, 6) is 0. The third-order valence-electron chi connectivity index (χ3n) is 2.24. The Hall–Kier alpha value is -1.40. The molecule has 1 unspecified atom stereocenters. The molecule has 0 aliphatic carbocycles. The van der Waals surface area contributed by atoms with Crippen molar-refractivity contribution in [3.05, 3.63) is 34.9 Å². The van der Waals surface area contributed by atoms with Gasteiger partial charge in [-0.2, -0.15) is 0 Å². The van der Waals surface area contributed by atoms with Crippen LogP contribution in [0.15, 0.2) is 18.6 Å². The summed E-state index contributed by atoms with van der Waals surface area (Å²) in [7, 11) is 0. The second-order valence-corrected chi connectivity index (χ2v) is 4.13. The van der Waals surface area contributed by atoms with Gasteiger partial charge in [0.1, 0.15) is 0 Å². The van der Waals surface area contributed by atoms with Crippen LogP contribution in [-0.4, -0.2) is 26.1 Å². The summed E-state index contributed by atoms with van der Waals surface area (Å²) < 4.78 is 3.95. The van der Waals surface area contributed by atoms with Crippen molar-refractivity contribution in [2.75, 3.05) is 6.54 Å². The number of aryl methyl sites for hydroxylation is 1. The van der Waals surface area contributed by atoms with Gasteiger partial charge in [0.25, 0.3) is 0 Å². The van der Waals surface area contributed by atoms with E-state index in [0.717, 1.165) is 22.8 Å². The van der Waals surface area contributed by atoms with Crippen LogP contribution < -0.4 is 5.32 Å². The van der Waals surface area contributed by atoms with Gasteiger partial charge in [0.15, 0.2) is 0 Å². The monoisotopic (exact) mass is 235 g/mol. The van der Waals surface area contributed by atoms with Gasteiger partial charge in [0.2, 0.25) is 0 Å². The van der Waals surface area contributed by atoms with Crippen LogP contribution in [0.25, 0.3) is 0 Å². The predicted octanol–water partition coefficient (Wildman–Crippen LogP) is 1.34. The molecule has 84 valence electrons. The summed E-state index contributed by atoms with van der Waals surface area (Å²) in [4.78, 5) is 9.51. The second-order valence-electron chi connectivity index (χ2n) is 3.34. The highest BCUT2D eigenvalue weighted by atomic mass is 32.1. The van der Waals surface area contributed by atoms with E-state index in [2.05, 4.69) is 31.8 Å². The zero-order valence-corrected chi connectivity index (χ0v) is 10.0. The maximum Gasteiger partial charge on any atom is 0.0895 e. The molecule has 2 aromatic rings. The van der Waals surface area contributed by atoms with Gasteiger partial charge in [-0.15, -0.1) is 5.10 Å². The fourth-order valence-electron chi connectivity index (χ4n) is 1.50. The average molecular weight is 235 g/mol. The number of hydrogen-bond donors (Lipinski definition) is 1. The highest BCUT2D eigenvalue weighted by Gasteiger charge is 2.19. The SMILES string of the molecule is CCNC(c1cnccn1)c1snnc1C. The normalized spacial score (nSPS) is 12.6. The van der Waals surface area contributed by atoms with Crippen LogP contribution in [0.1, 0.15) is 29.2 Å². The van der Waals surface area contributed by atoms with Crippen LogP contribution in [0.3, 0.4) is 0 Å². The number of rotatable bonds is 4. The Balaban J connectivity index is 2.35. The van der Waals surface area contributed by atoms with E-state index < -0.39 is 0 Å². The number of hydrogen-bond acceptors (Lipinski definition) is 6. The van der Waals surface area contributed by atoms with Crippen LogP contribution in [0.5, 0.6) is 0 Å². The molecule has 5 nitrogen and oxygen atoms in total.